The van der Waals surface area contributed by atoms with Crippen molar-refractivity contribution in [3.8, 4) is 0 Å². The van der Waals surface area contributed by atoms with E-state index in [1.54, 1.807) is 0 Å². The predicted molar refractivity (Wildman–Crippen MR) is 103 cm³/mol. The average molecular weight is 329 g/mol. The first-order chi connectivity index (χ1) is 12.4. The molecule has 25 heavy (non-hydrogen) atoms. The van der Waals surface area contributed by atoms with Crippen molar-refractivity contribution >= 4 is 5.69 Å². The Morgan fingerprint density at radius 1 is 0.760 bits per heavy atom. The Morgan fingerprint density at radius 2 is 1.52 bits per heavy atom. The van der Waals surface area contributed by atoms with Gasteiger partial charge in [0.05, 0.1) is 13.2 Å². The molecule has 0 spiro atoms. The van der Waals surface area contributed by atoms with Crippen molar-refractivity contribution in [2.45, 2.75) is 26.2 Å². The van der Waals surface area contributed by atoms with Crippen LogP contribution in [0.15, 0.2) is 78.9 Å². The summed E-state index contributed by atoms with van der Waals surface area (Å²) < 4.78 is 5.65. The van der Waals surface area contributed by atoms with Gasteiger partial charge in [0.2, 0.25) is 0 Å². The van der Waals surface area contributed by atoms with Gasteiger partial charge in [-0.05, 0) is 40.8 Å². The Hall–Kier alpha value is -2.58. The second-order valence-electron chi connectivity index (χ2n) is 6.54. The van der Waals surface area contributed by atoms with Crippen LogP contribution in [-0.4, -0.2) is 6.54 Å². The van der Waals surface area contributed by atoms with Crippen molar-refractivity contribution < 1.29 is 4.74 Å². The first kappa shape index (κ1) is 15.9. The van der Waals surface area contributed by atoms with E-state index in [-0.39, 0.29) is 0 Å². The zero-order chi connectivity index (χ0) is 16.9. The molecule has 0 unspecified atom stereocenters. The SMILES string of the molecule is c1ccc(CCN(Cc2cccc3c2COC3)c2ccccc2)cc1. The number of ether oxygens (including phenoxy) is 1. The second-order valence-corrected chi connectivity index (χ2v) is 6.54. The molecule has 0 fully saturated rings. The summed E-state index contributed by atoms with van der Waals surface area (Å²) in [6, 6.07) is 28.0. The molecule has 2 heteroatoms. The minimum absolute atomic E-state index is 0.743. The number of anilines is 1. The quantitative estimate of drug-likeness (QED) is 0.633. The molecule has 0 N–H and O–H groups in total. The second kappa shape index (κ2) is 7.54. The number of nitrogens with zero attached hydrogens (tertiary/aromatic N) is 1. The van der Waals surface area contributed by atoms with Crippen LogP contribution in [0.2, 0.25) is 0 Å². The maximum absolute atomic E-state index is 5.65. The van der Waals surface area contributed by atoms with Gasteiger partial charge in [-0.1, -0.05) is 66.7 Å². The van der Waals surface area contributed by atoms with Crippen LogP contribution in [0.25, 0.3) is 0 Å². The van der Waals surface area contributed by atoms with Crippen molar-refractivity contribution in [2.75, 3.05) is 11.4 Å². The molecule has 0 aromatic heterocycles. The zero-order valence-electron chi connectivity index (χ0n) is 14.4. The molecular weight excluding hydrogens is 306 g/mol. The summed E-state index contributed by atoms with van der Waals surface area (Å²) >= 11 is 0. The van der Waals surface area contributed by atoms with E-state index in [9.17, 15) is 0 Å². The minimum atomic E-state index is 0.743. The van der Waals surface area contributed by atoms with E-state index in [4.69, 9.17) is 4.74 Å². The van der Waals surface area contributed by atoms with E-state index in [2.05, 4.69) is 83.8 Å². The lowest BCUT2D eigenvalue weighted by atomic mass is 10.0. The van der Waals surface area contributed by atoms with Crippen LogP contribution >= 0.6 is 0 Å². The topological polar surface area (TPSA) is 12.5 Å². The van der Waals surface area contributed by atoms with E-state index in [1.165, 1.54) is 27.9 Å². The molecule has 126 valence electrons. The van der Waals surface area contributed by atoms with Gasteiger partial charge in [-0.3, -0.25) is 0 Å². The van der Waals surface area contributed by atoms with Gasteiger partial charge in [0, 0.05) is 18.8 Å². The first-order valence-corrected chi connectivity index (χ1v) is 8.91. The van der Waals surface area contributed by atoms with Crippen LogP contribution in [0.1, 0.15) is 22.3 Å². The standard InChI is InChI=1S/C23H23NO/c1-3-8-19(9-4-1)14-15-24(22-12-5-2-6-13-22)16-20-10-7-11-21-17-25-18-23(20)21/h1-13H,14-18H2. The van der Waals surface area contributed by atoms with Crippen molar-refractivity contribution in [2.24, 2.45) is 0 Å². The lowest BCUT2D eigenvalue weighted by Crippen LogP contribution is -2.25. The number of hydrogen-bond acceptors (Lipinski definition) is 2. The van der Waals surface area contributed by atoms with Crippen LogP contribution < -0.4 is 4.90 Å². The lowest BCUT2D eigenvalue weighted by molar-refractivity contribution is 0.134. The highest BCUT2D eigenvalue weighted by molar-refractivity contribution is 5.48. The van der Waals surface area contributed by atoms with Crippen LogP contribution in [0, 0.1) is 0 Å². The number of para-hydroxylation sites is 1. The van der Waals surface area contributed by atoms with Crippen molar-refractivity contribution in [3.05, 3.63) is 101 Å². The monoisotopic (exact) mass is 329 g/mol. The van der Waals surface area contributed by atoms with Crippen LogP contribution in [-0.2, 0) is 30.9 Å². The highest BCUT2D eigenvalue weighted by Crippen LogP contribution is 2.26. The Kier molecular flexibility index (Phi) is 4.80. The van der Waals surface area contributed by atoms with Gasteiger partial charge in [-0.2, -0.15) is 0 Å². The maximum atomic E-state index is 5.65. The minimum Gasteiger partial charge on any atom is -0.372 e. The Balaban J connectivity index is 1.57. The number of hydrogen-bond donors (Lipinski definition) is 0. The third-order valence-electron chi connectivity index (χ3n) is 4.87. The molecule has 0 radical (unpaired) electrons. The normalized spacial score (nSPS) is 12.8. The van der Waals surface area contributed by atoms with Crippen LogP contribution in [0.3, 0.4) is 0 Å². The molecule has 3 aromatic carbocycles. The summed E-state index contributed by atoms with van der Waals surface area (Å²) in [6.07, 6.45) is 1.04. The van der Waals surface area contributed by atoms with Gasteiger partial charge < -0.3 is 9.64 Å². The first-order valence-electron chi connectivity index (χ1n) is 8.91. The molecule has 0 amide bonds. The van der Waals surface area contributed by atoms with E-state index >= 15 is 0 Å². The van der Waals surface area contributed by atoms with E-state index in [1.807, 2.05) is 0 Å². The van der Waals surface area contributed by atoms with Crippen molar-refractivity contribution in [1.82, 2.24) is 0 Å². The van der Waals surface area contributed by atoms with E-state index < -0.39 is 0 Å². The molecular formula is C23H23NO. The van der Waals surface area contributed by atoms with Crippen LogP contribution in [0.5, 0.6) is 0 Å². The highest BCUT2D eigenvalue weighted by Gasteiger charge is 2.17. The number of fused-ring (bicyclic) bond motifs is 1. The predicted octanol–water partition coefficient (Wildman–Crippen LogP) is 4.97. The fraction of sp³-hybridized carbons (Fsp3) is 0.217. The summed E-state index contributed by atoms with van der Waals surface area (Å²) in [5, 5.41) is 0. The third-order valence-corrected chi connectivity index (χ3v) is 4.87. The van der Waals surface area contributed by atoms with E-state index in [0.717, 1.165) is 32.7 Å². The van der Waals surface area contributed by atoms with E-state index in [0.29, 0.717) is 0 Å². The fourth-order valence-corrected chi connectivity index (χ4v) is 3.47. The zero-order valence-corrected chi connectivity index (χ0v) is 14.4. The van der Waals surface area contributed by atoms with Gasteiger partial charge in [0.15, 0.2) is 0 Å². The molecule has 2 nitrogen and oxygen atoms in total. The lowest BCUT2D eigenvalue weighted by Gasteiger charge is -2.26. The summed E-state index contributed by atoms with van der Waals surface area (Å²) in [7, 11) is 0. The molecule has 1 aliphatic heterocycles. The molecule has 4 rings (SSSR count). The van der Waals surface area contributed by atoms with Crippen molar-refractivity contribution in [1.29, 1.82) is 0 Å². The number of rotatable bonds is 6. The molecule has 3 aromatic rings. The van der Waals surface area contributed by atoms with Gasteiger partial charge in [0.25, 0.3) is 0 Å². The summed E-state index contributed by atoms with van der Waals surface area (Å²) in [5.74, 6) is 0. The summed E-state index contributed by atoms with van der Waals surface area (Å²) in [6.45, 7) is 3.41. The average Bonchev–Trinajstić information content (AvgIpc) is 3.16. The largest absolute Gasteiger partial charge is 0.372 e. The molecule has 0 aliphatic carbocycles. The molecule has 0 bridgehead atoms. The Morgan fingerprint density at radius 3 is 2.32 bits per heavy atom. The van der Waals surface area contributed by atoms with Crippen molar-refractivity contribution in [3.63, 3.8) is 0 Å². The van der Waals surface area contributed by atoms with Crippen LogP contribution in [0.4, 0.5) is 5.69 Å². The summed E-state index contributed by atoms with van der Waals surface area (Å²) in [5.41, 5.74) is 6.75. The molecule has 1 heterocycles. The van der Waals surface area contributed by atoms with Gasteiger partial charge in [-0.25, -0.2) is 0 Å². The highest BCUT2D eigenvalue weighted by atomic mass is 16.5. The maximum Gasteiger partial charge on any atom is 0.0728 e. The fourth-order valence-electron chi connectivity index (χ4n) is 3.47. The van der Waals surface area contributed by atoms with Gasteiger partial charge in [-0.15, -0.1) is 0 Å². The molecule has 0 atom stereocenters. The third kappa shape index (κ3) is 3.75. The van der Waals surface area contributed by atoms with Gasteiger partial charge >= 0.3 is 0 Å². The molecule has 0 saturated carbocycles. The Labute approximate surface area is 149 Å². The number of benzene rings is 3. The smallest absolute Gasteiger partial charge is 0.0728 e. The molecule has 0 saturated heterocycles. The Bertz CT molecular complexity index is 814. The summed E-state index contributed by atoms with van der Waals surface area (Å²) in [4.78, 5) is 2.47. The van der Waals surface area contributed by atoms with Gasteiger partial charge in [0.1, 0.15) is 0 Å². The molecule has 1 aliphatic rings.